The molecule has 1 atom stereocenters. The quantitative estimate of drug-likeness (QED) is 0.695. The zero-order valence-corrected chi connectivity index (χ0v) is 17.0. The Bertz CT molecular complexity index is 950. The summed E-state index contributed by atoms with van der Waals surface area (Å²) in [6.45, 7) is 3.07. The van der Waals surface area contributed by atoms with Gasteiger partial charge in [-0.25, -0.2) is 4.79 Å². The molecule has 2 aromatic carbocycles. The van der Waals surface area contributed by atoms with Gasteiger partial charge in [0.25, 0.3) is 5.91 Å². The number of amides is 4. The second kappa shape index (κ2) is 7.32. The van der Waals surface area contributed by atoms with E-state index in [1.807, 2.05) is 13.0 Å². The van der Waals surface area contributed by atoms with Crippen LogP contribution in [0.5, 0.6) is 0 Å². The molecule has 2 aromatic rings. The van der Waals surface area contributed by atoms with Crippen molar-refractivity contribution in [2.45, 2.75) is 19.4 Å². The molecule has 1 aliphatic heterocycles. The monoisotopic (exact) mass is 449 g/mol. The highest BCUT2D eigenvalue weighted by Gasteiger charge is 2.50. The molecule has 27 heavy (non-hydrogen) atoms. The van der Waals surface area contributed by atoms with E-state index in [4.69, 9.17) is 11.6 Å². The maximum Gasteiger partial charge on any atom is 0.325 e. The lowest BCUT2D eigenvalue weighted by Gasteiger charge is -2.23. The first-order chi connectivity index (χ1) is 12.7. The predicted molar refractivity (Wildman–Crippen MR) is 107 cm³/mol. The Balaban J connectivity index is 1.76. The third-order valence-corrected chi connectivity index (χ3v) is 5.54. The molecule has 0 radical (unpaired) electrons. The third-order valence-electron chi connectivity index (χ3n) is 4.44. The Morgan fingerprint density at radius 2 is 1.96 bits per heavy atom. The van der Waals surface area contributed by atoms with Crippen molar-refractivity contribution >= 4 is 51.1 Å². The molecular weight excluding hydrogens is 434 g/mol. The molecule has 3 rings (SSSR count). The number of carbonyl (C=O) groups excluding carboxylic acids is 3. The van der Waals surface area contributed by atoms with E-state index in [1.54, 1.807) is 43.3 Å². The van der Waals surface area contributed by atoms with Crippen molar-refractivity contribution in [3.63, 3.8) is 0 Å². The fourth-order valence-electron chi connectivity index (χ4n) is 2.90. The van der Waals surface area contributed by atoms with Gasteiger partial charge in [-0.15, -0.1) is 0 Å². The maximum absolute atomic E-state index is 12.9. The SMILES string of the molecule is Cc1ccc(NC(=O)CN2C(=O)N[C@@](C)(c3ccccc3Br)C2=O)cc1Cl. The van der Waals surface area contributed by atoms with Gasteiger partial charge in [0.1, 0.15) is 12.1 Å². The highest BCUT2D eigenvalue weighted by Crippen LogP contribution is 2.33. The van der Waals surface area contributed by atoms with Crippen molar-refractivity contribution < 1.29 is 14.4 Å². The first-order valence-electron chi connectivity index (χ1n) is 8.17. The number of urea groups is 1. The number of benzene rings is 2. The third kappa shape index (κ3) is 3.70. The summed E-state index contributed by atoms with van der Waals surface area (Å²) in [5.41, 5.74) is 0.755. The average molecular weight is 451 g/mol. The summed E-state index contributed by atoms with van der Waals surface area (Å²) in [4.78, 5) is 38.5. The van der Waals surface area contributed by atoms with E-state index >= 15 is 0 Å². The number of hydrogen-bond acceptors (Lipinski definition) is 3. The van der Waals surface area contributed by atoms with Crippen LogP contribution in [0.4, 0.5) is 10.5 Å². The van der Waals surface area contributed by atoms with Crippen molar-refractivity contribution in [1.29, 1.82) is 0 Å². The molecule has 1 aliphatic rings. The maximum atomic E-state index is 12.9. The summed E-state index contributed by atoms with van der Waals surface area (Å²) in [5.74, 6) is -0.980. The van der Waals surface area contributed by atoms with Gasteiger partial charge in [0.2, 0.25) is 5.91 Å². The fraction of sp³-hybridized carbons (Fsp3) is 0.211. The lowest BCUT2D eigenvalue weighted by molar-refractivity contribution is -0.133. The second-order valence-corrected chi connectivity index (χ2v) is 7.70. The molecule has 0 aromatic heterocycles. The van der Waals surface area contributed by atoms with E-state index in [1.165, 1.54) is 0 Å². The Kier molecular flexibility index (Phi) is 5.26. The van der Waals surface area contributed by atoms with E-state index in [0.29, 0.717) is 20.7 Å². The minimum absolute atomic E-state index is 0.393. The van der Waals surface area contributed by atoms with E-state index < -0.39 is 29.9 Å². The van der Waals surface area contributed by atoms with Crippen LogP contribution in [0, 0.1) is 6.92 Å². The molecule has 2 N–H and O–H groups in total. The molecule has 1 heterocycles. The first-order valence-corrected chi connectivity index (χ1v) is 9.34. The fourth-order valence-corrected chi connectivity index (χ4v) is 3.77. The van der Waals surface area contributed by atoms with Gasteiger partial charge in [0, 0.05) is 20.7 Å². The van der Waals surface area contributed by atoms with Crippen LogP contribution in [0.25, 0.3) is 0 Å². The zero-order chi connectivity index (χ0) is 19.8. The van der Waals surface area contributed by atoms with Gasteiger partial charge in [-0.05, 0) is 37.6 Å². The molecule has 0 saturated carbocycles. The molecule has 0 bridgehead atoms. The van der Waals surface area contributed by atoms with E-state index in [-0.39, 0.29) is 0 Å². The van der Waals surface area contributed by atoms with Crippen LogP contribution in [-0.2, 0) is 15.1 Å². The number of imide groups is 1. The Hall–Kier alpha value is -2.38. The van der Waals surface area contributed by atoms with Crippen LogP contribution in [0.3, 0.4) is 0 Å². The molecule has 1 fully saturated rings. The van der Waals surface area contributed by atoms with Crippen LogP contribution >= 0.6 is 27.5 Å². The number of nitrogens with zero attached hydrogens (tertiary/aromatic N) is 1. The number of nitrogens with one attached hydrogen (secondary N) is 2. The van der Waals surface area contributed by atoms with Crippen LogP contribution in [0.2, 0.25) is 5.02 Å². The number of rotatable bonds is 4. The molecule has 0 unspecified atom stereocenters. The molecule has 0 aliphatic carbocycles. The lowest BCUT2D eigenvalue weighted by Crippen LogP contribution is -2.42. The Morgan fingerprint density at radius 3 is 2.63 bits per heavy atom. The lowest BCUT2D eigenvalue weighted by atomic mass is 9.92. The predicted octanol–water partition coefficient (Wildman–Crippen LogP) is 3.82. The van der Waals surface area contributed by atoms with Crippen LogP contribution in [0.15, 0.2) is 46.9 Å². The molecule has 140 valence electrons. The topological polar surface area (TPSA) is 78.5 Å². The number of hydrogen-bond donors (Lipinski definition) is 2. The standard InChI is InChI=1S/C19H17BrClN3O3/c1-11-7-8-12(9-15(11)21)22-16(25)10-24-17(26)19(2,23-18(24)27)13-5-3-4-6-14(13)20/h3-9H,10H2,1-2H3,(H,22,25)(H,23,27)/t19-/m0/s1. The number of aryl methyl sites for hydroxylation is 1. The number of anilines is 1. The smallest absolute Gasteiger partial charge is 0.324 e. The normalized spacial score (nSPS) is 19.2. The van der Waals surface area contributed by atoms with Gasteiger partial charge >= 0.3 is 6.03 Å². The Morgan fingerprint density at radius 1 is 1.26 bits per heavy atom. The summed E-state index contributed by atoms with van der Waals surface area (Å²) in [6.07, 6.45) is 0. The first kappa shape index (κ1) is 19.4. The number of carbonyl (C=O) groups is 3. The highest BCUT2D eigenvalue weighted by atomic mass is 79.9. The van der Waals surface area contributed by atoms with Crippen LogP contribution < -0.4 is 10.6 Å². The minimum atomic E-state index is -1.25. The van der Waals surface area contributed by atoms with Crippen molar-refractivity contribution in [2.75, 3.05) is 11.9 Å². The van der Waals surface area contributed by atoms with Gasteiger partial charge in [0.15, 0.2) is 0 Å². The molecule has 8 heteroatoms. The molecule has 1 saturated heterocycles. The van der Waals surface area contributed by atoms with Crippen molar-refractivity contribution in [3.05, 3.63) is 63.1 Å². The van der Waals surface area contributed by atoms with Gasteiger partial charge in [-0.3, -0.25) is 14.5 Å². The van der Waals surface area contributed by atoms with E-state index in [9.17, 15) is 14.4 Å². The molecular formula is C19H17BrClN3O3. The van der Waals surface area contributed by atoms with Gasteiger partial charge in [-0.2, -0.15) is 0 Å². The average Bonchev–Trinajstić information content (AvgIpc) is 2.82. The van der Waals surface area contributed by atoms with Crippen LogP contribution in [-0.4, -0.2) is 29.3 Å². The summed E-state index contributed by atoms with van der Waals surface area (Å²) in [6, 6.07) is 11.6. The number of halogens is 2. The molecule has 4 amide bonds. The van der Waals surface area contributed by atoms with Gasteiger partial charge < -0.3 is 10.6 Å². The molecule has 6 nitrogen and oxygen atoms in total. The largest absolute Gasteiger partial charge is 0.325 e. The van der Waals surface area contributed by atoms with Crippen LogP contribution in [0.1, 0.15) is 18.1 Å². The minimum Gasteiger partial charge on any atom is -0.324 e. The van der Waals surface area contributed by atoms with E-state index in [0.717, 1.165) is 10.5 Å². The van der Waals surface area contributed by atoms with Crippen molar-refractivity contribution in [2.24, 2.45) is 0 Å². The summed E-state index contributed by atoms with van der Waals surface area (Å²) in [5, 5.41) is 5.85. The van der Waals surface area contributed by atoms with Gasteiger partial charge in [0.05, 0.1) is 0 Å². The van der Waals surface area contributed by atoms with Crippen molar-refractivity contribution in [1.82, 2.24) is 10.2 Å². The Labute approximate surface area is 170 Å². The summed E-state index contributed by atoms with van der Waals surface area (Å²) >= 11 is 9.45. The second-order valence-electron chi connectivity index (χ2n) is 6.44. The van der Waals surface area contributed by atoms with Gasteiger partial charge in [-0.1, -0.05) is 51.8 Å². The summed E-state index contributed by atoms with van der Waals surface area (Å²) in [7, 11) is 0. The zero-order valence-electron chi connectivity index (χ0n) is 14.7. The van der Waals surface area contributed by atoms with Crippen molar-refractivity contribution in [3.8, 4) is 0 Å². The molecule has 0 spiro atoms. The summed E-state index contributed by atoms with van der Waals surface area (Å²) < 4.78 is 0.696. The highest BCUT2D eigenvalue weighted by molar-refractivity contribution is 9.10. The van der Waals surface area contributed by atoms with E-state index in [2.05, 4.69) is 26.6 Å².